The Morgan fingerprint density at radius 1 is 0.774 bits per heavy atom. The van der Waals surface area contributed by atoms with Crippen LogP contribution in [0.2, 0.25) is 0 Å². The molecule has 9 N–H and O–H groups in total. The van der Waals surface area contributed by atoms with Gasteiger partial charge in [-0.15, -0.1) is 20.3 Å². The van der Waals surface area contributed by atoms with Gasteiger partial charge in [-0.05, 0) is 73.5 Å². The van der Waals surface area contributed by atoms with Crippen LogP contribution >= 0.6 is 0 Å². The van der Waals surface area contributed by atoms with Gasteiger partial charge in [0.05, 0.1) is 11.4 Å². The van der Waals surface area contributed by atoms with Crippen LogP contribution in [0.4, 0.5) is 0 Å². The SMILES string of the molecule is C/C(=N\N=C(N)N)c1ccc(Oc2ccc(/C(C)=N/N=C(N)N)cc2)cc1.O=[N+]([O-])O. The van der Waals surface area contributed by atoms with Crippen molar-refractivity contribution >= 4 is 23.3 Å². The molecule has 0 aromatic heterocycles. The molecule has 0 saturated heterocycles. The topological polar surface area (TPSA) is 226 Å². The lowest BCUT2D eigenvalue weighted by Crippen LogP contribution is -2.22. The molecule has 0 heterocycles. The Bertz CT molecular complexity index is 910. The average molecular weight is 429 g/mol. The second-order valence-corrected chi connectivity index (χ2v) is 5.81. The Kier molecular flexibility index (Phi) is 9.43. The van der Waals surface area contributed by atoms with Crippen LogP contribution in [-0.2, 0) is 0 Å². The van der Waals surface area contributed by atoms with Crippen molar-refractivity contribution in [1.82, 2.24) is 0 Å². The van der Waals surface area contributed by atoms with Gasteiger partial charge >= 0.3 is 0 Å². The molecule has 164 valence electrons. The highest BCUT2D eigenvalue weighted by atomic mass is 16.9. The van der Waals surface area contributed by atoms with Crippen molar-refractivity contribution in [2.75, 3.05) is 0 Å². The third-order valence-electron chi connectivity index (χ3n) is 3.41. The van der Waals surface area contributed by atoms with Crippen molar-refractivity contribution in [2.24, 2.45) is 43.3 Å². The number of guanidine groups is 2. The number of nitrogens with zero attached hydrogens (tertiary/aromatic N) is 5. The Morgan fingerprint density at radius 3 is 1.32 bits per heavy atom. The summed E-state index contributed by atoms with van der Waals surface area (Å²) in [5.74, 6) is 1.20. The molecular formula is C18H23N9O4. The van der Waals surface area contributed by atoms with E-state index in [1.807, 2.05) is 62.4 Å². The van der Waals surface area contributed by atoms with Crippen molar-refractivity contribution in [3.05, 3.63) is 69.8 Å². The van der Waals surface area contributed by atoms with Crippen molar-refractivity contribution in [3.63, 3.8) is 0 Å². The highest BCUT2D eigenvalue weighted by molar-refractivity contribution is 5.99. The summed E-state index contributed by atoms with van der Waals surface area (Å²) in [7, 11) is 0. The molecule has 0 aliphatic heterocycles. The van der Waals surface area contributed by atoms with E-state index < -0.39 is 5.09 Å². The quantitative estimate of drug-likeness (QED) is 0.193. The first-order valence-electron chi connectivity index (χ1n) is 8.57. The number of hydrogen-bond donors (Lipinski definition) is 5. The van der Waals surface area contributed by atoms with Crippen LogP contribution in [0, 0.1) is 10.1 Å². The largest absolute Gasteiger partial charge is 0.457 e. The summed E-state index contributed by atoms with van der Waals surface area (Å²) < 4.78 is 5.83. The molecule has 0 aliphatic carbocycles. The van der Waals surface area contributed by atoms with Gasteiger partial charge in [0.15, 0.2) is 0 Å². The minimum atomic E-state index is -1.50. The molecule has 31 heavy (non-hydrogen) atoms. The number of hydrogen-bond acceptors (Lipinski definition) is 7. The molecule has 0 unspecified atom stereocenters. The summed E-state index contributed by atoms with van der Waals surface area (Å²) in [4.78, 5) is 8.36. The molecule has 2 rings (SSSR count). The van der Waals surface area contributed by atoms with Gasteiger partial charge in [0, 0.05) is 0 Å². The fourth-order valence-corrected chi connectivity index (χ4v) is 2.05. The smallest absolute Gasteiger partial charge is 0.291 e. The zero-order valence-corrected chi connectivity index (χ0v) is 16.8. The highest BCUT2D eigenvalue weighted by Crippen LogP contribution is 2.22. The summed E-state index contributed by atoms with van der Waals surface area (Å²) in [6.07, 6.45) is 0. The van der Waals surface area contributed by atoms with Crippen LogP contribution in [-0.4, -0.2) is 33.6 Å². The summed E-state index contributed by atoms with van der Waals surface area (Å²) in [6.45, 7) is 3.63. The van der Waals surface area contributed by atoms with E-state index in [-0.39, 0.29) is 11.9 Å². The van der Waals surface area contributed by atoms with Gasteiger partial charge in [-0.1, -0.05) is 0 Å². The maximum absolute atomic E-state index is 8.36. The van der Waals surface area contributed by atoms with Crippen LogP contribution in [0.15, 0.2) is 68.9 Å². The zero-order valence-electron chi connectivity index (χ0n) is 16.8. The lowest BCUT2D eigenvalue weighted by molar-refractivity contribution is -0.742. The number of rotatable bonds is 6. The summed E-state index contributed by atoms with van der Waals surface area (Å²) in [5.41, 5.74) is 24.2. The van der Waals surface area contributed by atoms with Crippen molar-refractivity contribution in [1.29, 1.82) is 0 Å². The number of ether oxygens (including phenoxy) is 1. The van der Waals surface area contributed by atoms with Gasteiger partial charge in [0.1, 0.15) is 11.5 Å². The van der Waals surface area contributed by atoms with E-state index in [0.717, 1.165) is 11.1 Å². The molecule has 2 aromatic rings. The molecule has 0 bridgehead atoms. The standard InChI is InChI=1S/C18H22N8O.HNO3/c1-11(23-25-17(19)20)13-3-7-15(8-4-13)27-16-9-5-14(6-10-16)12(2)24-26-18(21)22;2-1(3)4/h3-10H,1-2H3,(H4,19,20,25)(H4,21,22,26);(H,2,3,4)/b23-11+,24-12+;. The maximum Gasteiger partial charge on any atom is 0.291 e. The number of nitrogens with two attached hydrogens (primary N) is 4. The Labute approximate surface area is 177 Å². The van der Waals surface area contributed by atoms with Gasteiger partial charge in [0.25, 0.3) is 5.09 Å². The van der Waals surface area contributed by atoms with E-state index >= 15 is 0 Å². The van der Waals surface area contributed by atoms with E-state index in [0.29, 0.717) is 22.9 Å². The van der Waals surface area contributed by atoms with Crippen LogP contribution in [0.5, 0.6) is 11.5 Å². The molecule has 0 aliphatic rings. The van der Waals surface area contributed by atoms with Gasteiger partial charge in [-0.2, -0.15) is 10.2 Å². The van der Waals surface area contributed by atoms with Crippen LogP contribution in [0.1, 0.15) is 25.0 Å². The Balaban J connectivity index is 0.00000110. The highest BCUT2D eigenvalue weighted by Gasteiger charge is 2.02. The van der Waals surface area contributed by atoms with Crippen LogP contribution in [0.3, 0.4) is 0 Å². The molecule has 0 radical (unpaired) electrons. The molecule has 13 heteroatoms. The van der Waals surface area contributed by atoms with E-state index in [1.54, 1.807) is 0 Å². The molecule has 13 nitrogen and oxygen atoms in total. The van der Waals surface area contributed by atoms with Gasteiger partial charge in [0.2, 0.25) is 11.9 Å². The first-order valence-corrected chi connectivity index (χ1v) is 8.57. The van der Waals surface area contributed by atoms with E-state index in [1.165, 1.54) is 0 Å². The minimum absolute atomic E-state index is 0.0867. The Hall–Kier alpha value is -4.68. The fourth-order valence-electron chi connectivity index (χ4n) is 2.05. The summed E-state index contributed by atoms with van der Waals surface area (Å²) in [5, 5.41) is 28.8. The van der Waals surface area contributed by atoms with Gasteiger partial charge in [-0.3, -0.25) is 0 Å². The Morgan fingerprint density at radius 2 is 1.06 bits per heavy atom. The first kappa shape index (κ1) is 24.4. The zero-order chi connectivity index (χ0) is 23.4. The predicted octanol–water partition coefficient (Wildman–Crippen LogP) is 1.13. The summed E-state index contributed by atoms with van der Waals surface area (Å²) >= 11 is 0. The van der Waals surface area contributed by atoms with Crippen molar-refractivity contribution in [2.45, 2.75) is 13.8 Å². The average Bonchev–Trinajstić information content (AvgIpc) is 2.71. The third kappa shape index (κ3) is 9.89. The summed E-state index contributed by atoms with van der Waals surface area (Å²) in [6, 6.07) is 14.8. The lowest BCUT2D eigenvalue weighted by Gasteiger charge is -2.07. The second kappa shape index (κ2) is 12.0. The van der Waals surface area contributed by atoms with Gasteiger partial charge < -0.3 is 32.9 Å². The lowest BCUT2D eigenvalue weighted by atomic mass is 10.1. The fraction of sp³-hybridized carbons (Fsp3) is 0.111. The predicted molar refractivity (Wildman–Crippen MR) is 118 cm³/mol. The van der Waals surface area contributed by atoms with Gasteiger partial charge in [-0.25, -0.2) is 0 Å². The molecule has 0 atom stereocenters. The molecule has 0 fully saturated rings. The normalized spacial score (nSPS) is 10.9. The van der Waals surface area contributed by atoms with E-state index in [2.05, 4.69) is 20.4 Å². The monoisotopic (exact) mass is 429 g/mol. The van der Waals surface area contributed by atoms with Crippen molar-refractivity contribution in [3.8, 4) is 11.5 Å². The first-order chi connectivity index (χ1) is 14.6. The van der Waals surface area contributed by atoms with E-state index in [9.17, 15) is 0 Å². The number of benzene rings is 2. The molecule has 0 saturated carbocycles. The van der Waals surface area contributed by atoms with Crippen molar-refractivity contribution < 1.29 is 15.0 Å². The van der Waals surface area contributed by atoms with E-state index in [4.69, 9.17) is 43.0 Å². The maximum atomic E-state index is 8.36. The third-order valence-corrected chi connectivity index (χ3v) is 3.41. The molecular weight excluding hydrogens is 406 g/mol. The molecule has 0 amide bonds. The van der Waals surface area contributed by atoms with Crippen LogP contribution < -0.4 is 27.7 Å². The molecule has 2 aromatic carbocycles. The molecule has 0 spiro atoms. The second-order valence-electron chi connectivity index (χ2n) is 5.81. The minimum Gasteiger partial charge on any atom is -0.457 e. The van der Waals surface area contributed by atoms with Crippen LogP contribution in [0.25, 0.3) is 0 Å².